The van der Waals surface area contributed by atoms with Crippen molar-refractivity contribution < 1.29 is 18.4 Å². The summed E-state index contributed by atoms with van der Waals surface area (Å²) in [6.07, 6.45) is -0.870. The maximum Gasteiger partial charge on any atom is 0.245 e. The SMILES string of the molecule is CC(C)c1ccc([C@@H](NC(=O)[C@@H]2C[C@@H](F)CN2C(=O)CN(C=N)N=N)c2ccccc2)cc1F. The quantitative estimate of drug-likeness (QED) is 0.223. The Balaban J connectivity index is 1.88. The first-order valence-electron chi connectivity index (χ1n) is 11.0. The van der Waals surface area contributed by atoms with Gasteiger partial charge >= 0.3 is 0 Å². The number of hydrogen-bond acceptors (Lipinski definition) is 5. The van der Waals surface area contributed by atoms with Crippen LogP contribution in [-0.4, -0.2) is 53.4 Å². The Hall–Kier alpha value is -3.69. The Bertz CT molecular complexity index is 1040. The summed E-state index contributed by atoms with van der Waals surface area (Å²) in [6, 6.07) is 12.1. The largest absolute Gasteiger partial charge is 0.343 e. The van der Waals surface area contributed by atoms with Crippen molar-refractivity contribution in [2.24, 2.45) is 5.22 Å². The van der Waals surface area contributed by atoms with Crippen molar-refractivity contribution >= 4 is 18.2 Å². The number of carbonyl (C=O) groups is 2. The number of nitrogens with one attached hydrogen (secondary N) is 3. The molecule has 0 radical (unpaired) electrons. The first-order chi connectivity index (χ1) is 16.2. The van der Waals surface area contributed by atoms with E-state index in [1.807, 2.05) is 19.9 Å². The Morgan fingerprint density at radius 2 is 1.94 bits per heavy atom. The first-order valence-corrected chi connectivity index (χ1v) is 11.0. The summed E-state index contributed by atoms with van der Waals surface area (Å²) >= 11 is 0. The van der Waals surface area contributed by atoms with Crippen LogP contribution in [0.15, 0.2) is 53.8 Å². The molecule has 0 unspecified atom stereocenters. The van der Waals surface area contributed by atoms with Gasteiger partial charge in [0, 0.05) is 6.42 Å². The molecule has 0 aromatic heterocycles. The van der Waals surface area contributed by atoms with Crippen molar-refractivity contribution in [2.45, 2.75) is 44.4 Å². The van der Waals surface area contributed by atoms with Gasteiger partial charge < -0.3 is 10.2 Å². The predicted octanol–water partition coefficient (Wildman–Crippen LogP) is 3.95. The summed E-state index contributed by atoms with van der Waals surface area (Å²) in [5.41, 5.74) is 8.78. The van der Waals surface area contributed by atoms with Crippen LogP contribution in [-0.2, 0) is 9.59 Å². The highest BCUT2D eigenvalue weighted by Crippen LogP contribution is 2.28. The monoisotopic (exact) mass is 470 g/mol. The smallest absolute Gasteiger partial charge is 0.245 e. The van der Waals surface area contributed by atoms with Gasteiger partial charge in [-0.25, -0.2) is 13.8 Å². The van der Waals surface area contributed by atoms with Gasteiger partial charge in [0.15, 0.2) is 0 Å². The third kappa shape index (κ3) is 5.62. The van der Waals surface area contributed by atoms with E-state index in [9.17, 15) is 18.4 Å². The molecule has 3 N–H and O–H groups in total. The molecular formula is C24H28F2N6O2. The Morgan fingerprint density at radius 1 is 1.24 bits per heavy atom. The summed E-state index contributed by atoms with van der Waals surface area (Å²) in [5.74, 6) is -1.58. The van der Waals surface area contributed by atoms with Gasteiger partial charge in [0.2, 0.25) is 11.8 Å². The number of halogens is 2. The molecule has 0 bridgehead atoms. The average Bonchev–Trinajstić information content (AvgIpc) is 3.23. The number of likely N-dealkylation sites (tertiary alicyclic amines) is 1. The van der Waals surface area contributed by atoms with Crippen LogP contribution in [0.2, 0.25) is 0 Å². The van der Waals surface area contributed by atoms with E-state index >= 15 is 0 Å². The minimum absolute atomic E-state index is 0.00523. The van der Waals surface area contributed by atoms with Crippen molar-refractivity contribution in [3.8, 4) is 0 Å². The van der Waals surface area contributed by atoms with Gasteiger partial charge in [-0.2, -0.15) is 5.53 Å². The molecule has 0 spiro atoms. The van der Waals surface area contributed by atoms with Crippen LogP contribution >= 0.6 is 0 Å². The molecule has 1 fully saturated rings. The van der Waals surface area contributed by atoms with Gasteiger partial charge in [-0.15, -0.1) is 0 Å². The van der Waals surface area contributed by atoms with Crippen LogP contribution in [0.1, 0.15) is 48.9 Å². The lowest BCUT2D eigenvalue weighted by Gasteiger charge is -2.27. The Morgan fingerprint density at radius 3 is 2.53 bits per heavy atom. The van der Waals surface area contributed by atoms with E-state index in [0.717, 1.165) is 9.91 Å². The molecule has 1 heterocycles. The molecule has 3 rings (SSSR count). The minimum atomic E-state index is -1.39. The van der Waals surface area contributed by atoms with Gasteiger partial charge in [-0.05, 0) is 28.7 Å². The summed E-state index contributed by atoms with van der Waals surface area (Å²) in [7, 11) is 0. The lowest BCUT2D eigenvalue weighted by atomic mass is 9.94. The van der Waals surface area contributed by atoms with Crippen molar-refractivity contribution in [3.05, 3.63) is 71.0 Å². The highest BCUT2D eigenvalue weighted by atomic mass is 19.1. The summed E-state index contributed by atoms with van der Waals surface area (Å²) in [6.45, 7) is 3.06. The molecule has 1 aliphatic rings. The van der Waals surface area contributed by atoms with Gasteiger partial charge in [0.05, 0.1) is 12.6 Å². The van der Waals surface area contributed by atoms with E-state index in [1.165, 1.54) is 6.07 Å². The average molecular weight is 471 g/mol. The molecule has 2 aromatic carbocycles. The van der Waals surface area contributed by atoms with Crippen LogP contribution in [0.3, 0.4) is 0 Å². The normalized spacial score (nSPS) is 18.4. The Kier molecular flexibility index (Phi) is 8.04. The number of nitrogens with zero attached hydrogens (tertiary/aromatic N) is 3. The second-order valence-corrected chi connectivity index (χ2v) is 8.51. The lowest BCUT2D eigenvalue weighted by molar-refractivity contribution is -0.139. The number of benzene rings is 2. The number of rotatable bonds is 9. The van der Waals surface area contributed by atoms with Crippen LogP contribution < -0.4 is 5.32 Å². The van der Waals surface area contributed by atoms with E-state index in [0.29, 0.717) is 23.0 Å². The predicted molar refractivity (Wildman–Crippen MR) is 123 cm³/mol. The second-order valence-electron chi connectivity index (χ2n) is 8.51. The van der Waals surface area contributed by atoms with E-state index in [1.54, 1.807) is 36.4 Å². The highest BCUT2D eigenvalue weighted by Gasteiger charge is 2.40. The molecule has 34 heavy (non-hydrogen) atoms. The van der Waals surface area contributed by atoms with E-state index in [2.05, 4.69) is 10.5 Å². The van der Waals surface area contributed by atoms with Gasteiger partial charge in [0.25, 0.3) is 0 Å². The highest BCUT2D eigenvalue weighted by molar-refractivity contribution is 5.90. The number of hydrogen-bond donors (Lipinski definition) is 3. The summed E-state index contributed by atoms with van der Waals surface area (Å²) in [4.78, 5) is 27.0. The Labute approximate surface area is 196 Å². The first kappa shape index (κ1) is 24.9. The lowest BCUT2D eigenvalue weighted by Crippen LogP contribution is -2.49. The standard InChI is InChI=1S/C24H28F2N6O2/c1-15(2)19-9-8-17(10-20(19)26)23(16-6-4-3-5-7-16)29-24(34)21-11-18(25)12-32(21)22(33)13-31(14-27)30-28/h3-10,14-15,18,21,23,27-28H,11-13H2,1-2H3,(H,29,34)/t18-,21+,23+/m1/s1. The van der Waals surface area contributed by atoms with Gasteiger partial charge in [-0.3, -0.25) is 15.0 Å². The molecule has 3 atom stereocenters. The molecular weight excluding hydrogens is 442 g/mol. The molecule has 10 heteroatoms. The van der Waals surface area contributed by atoms with E-state index < -0.39 is 36.6 Å². The molecule has 8 nitrogen and oxygen atoms in total. The molecule has 2 amide bonds. The second kappa shape index (κ2) is 11.0. The summed E-state index contributed by atoms with van der Waals surface area (Å²) in [5, 5.41) is 13.8. The van der Waals surface area contributed by atoms with E-state index in [4.69, 9.17) is 10.9 Å². The zero-order valence-corrected chi connectivity index (χ0v) is 19.0. The third-order valence-corrected chi connectivity index (χ3v) is 5.85. The maximum absolute atomic E-state index is 14.8. The van der Waals surface area contributed by atoms with Crippen molar-refractivity contribution in [3.63, 3.8) is 0 Å². The van der Waals surface area contributed by atoms with Crippen LogP contribution in [0.5, 0.6) is 0 Å². The van der Waals surface area contributed by atoms with Gasteiger partial charge in [-0.1, -0.05) is 61.5 Å². The zero-order valence-electron chi connectivity index (χ0n) is 19.0. The number of carbonyl (C=O) groups excluding carboxylic acids is 2. The zero-order chi connectivity index (χ0) is 24.8. The fourth-order valence-electron chi connectivity index (χ4n) is 4.08. The molecule has 2 aromatic rings. The van der Waals surface area contributed by atoms with Gasteiger partial charge in [0.1, 0.15) is 30.9 Å². The molecule has 1 aliphatic heterocycles. The van der Waals surface area contributed by atoms with Crippen molar-refractivity contribution in [1.82, 2.24) is 15.2 Å². The van der Waals surface area contributed by atoms with Crippen LogP contribution in [0, 0.1) is 16.8 Å². The number of alkyl halides is 1. The number of amides is 2. The molecule has 0 aliphatic carbocycles. The minimum Gasteiger partial charge on any atom is -0.343 e. The van der Waals surface area contributed by atoms with Crippen molar-refractivity contribution in [1.29, 1.82) is 10.9 Å². The fraction of sp³-hybridized carbons (Fsp3) is 0.375. The van der Waals surface area contributed by atoms with E-state index in [-0.39, 0.29) is 24.7 Å². The summed E-state index contributed by atoms with van der Waals surface area (Å²) < 4.78 is 29.0. The topological polar surface area (TPSA) is 113 Å². The van der Waals surface area contributed by atoms with Crippen molar-refractivity contribution in [2.75, 3.05) is 13.1 Å². The molecule has 1 saturated heterocycles. The molecule has 180 valence electrons. The van der Waals surface area contributed by atoms with Crippen LogP contribution in [0.25, 0.3) is 0 Å². The third-order valence-electron chi connectivity index (χ3n) is 5.85. The molecule has 0 saturated carbocycles. The maximum atomic E-state index is 14.8. The fourth-order valence-corrected chi connectivity index (χ4v) is 4.08. The van der Waals surface area contributed by atoms with Crippen LogP contribution in [0.4, 0.5) is 8.78 Å².